The highest BCUT2D eigenvalue weighted by atomic mass is 79.9. The van der Waals surface area contributed by atoms with Crippen molar-refractivity contribution in [3.05, 3.63) is 59.9 Å². The first kappa shape index (κ1) is 16.0. The fourth-order valence-corrected chi connectivity index (χ4v) is 3.55. The summed E-state index contributed by atoms with van der Waals surface area (Å²) in [4.78, 5) is 12.3. The Morgan fingerprint density at radius 1 is 1.10 bits per heavy atom. The van der Waals surface area contributed by atoms with Crippen LogP contribution in [-0.2, 0) is 0 Å². The van der Waals surface area contributed by atoms with Gasteiger partial charge in [-0.05, 0) is 74.7 Å². The molecule has 0 spiro atoms. The average molecular weight is 482 g/mol. The second-order valence-corrected chi connectivity index (χ2v) is 7.19. The molecule has 2 rings (SSSR count). The lowest BCUT2D eigenvalue weighted by atomic mass is 10.2. The van der Waals surface area contributed by atoms with Crippen LogP contribution in [0, 0.1) is 6.92 Å². The molecule has 0 aliphatic heterocycles. The van der Waals surface area contributed by atoms with Crippen molar-refractivity contribution in [3.63, 3.8) is 0 Å². The van der Waals surface area contributed by atoms with E-state index in [4.69, 9.17) is 11.6 Å². The standard InChI is InChI=1S/C14H9Br3ClNO/c1-7-4-11(17)13(6-12(7)18)19-14(20)9-3-2-8(15)5-10(9)16/h2-6H,1H3,(H,19,20). The third-order valence-electron chi connectivity index (χ3n) is 2.67. The molecule has 0 unspecified atom stereocenters. The van der Waals surface area contributed by atoms with Crippen molar-refractivity contribution in [2.75, 3.05) is 5.32 Å². The molecule has 0 saturated heterocycles. The highest BCUT2D eigenvalue weighted by Gasteiger charge is 2.13. The van der Waals surface area contributed by atoms with Crippen LogP contribution in [-0.4, -0.2) is 5.91 Å². The maximum atomic E-state index is 12.3. The van der Waals surface area contributed by atoms with Crippen LogP contribution in [0.15, 0.2) is 43.7 Å². The molecule has 0 bridgehead atoms. The molecule has 2 nitrogen and oxygen atoms in total. The number of carbonyl (C=O) groups excluding carboxylic acids is 1. The van der Waals surface area contributed by atoms with Crippen LogP contribution in [0.4, 0.5) is 5.69 Å². The van der Waals surface area contributed by atoms with Crippen molar-refractivity contribution < 1.29 is 4.79 Å². The summed E-state index contributed by atoms with van der Waals surface area (Å²) in [5, 5.41) is 3.45. The number of aryl methyl sites for hydroxylation is 1. The normalized spacial score (nSPS) is 10.4. The lowest BCUT2D eigenvalue weighted by Gasteiger charge is -2.10. The summed E-state index contributed by atoms with van der Waals surface area (Å²) in [6.45, 7) is 1.91. The number of amides is 1. The summed E-state index contributed by atoms with van der Waals surface area (Å²) in [7, 11) is 0. The van der Waals surface area contributed by atoms with Gasteiger partial charge in [-0.3, -0.25) is 4.79 Å². The van der Waals surface area contributed by atoms with Crippen molar-refractivity contribution in [1.82, 2.24) is 0 Å². The Morgan fingerprint density at radius 3 is 2.45 bits per heavy atom. The number of carbonyl (C=O) groups is 1. The molecule has 1 N–H and O–H groups in total. The van der Waals surface area contributed by atoms with Crippen LogP contribution in [0.25, 0.3) is 0 Å². The molecule has 0 aliphatic rings. The average Bonchev–Trinajstić information content (AvgIpc) is 2.35. The molecule has 0 fully saturated rings. The first-order valence-corrected chi connectivity index (χ1v) is 8.36. The smallest absolute Gasteiger partial charge is 0.256 e. The molecule has 0 radical (unpaired) electrons. The summed E-state index contributed by atoms with van der Waals surface area (Å²) in [5.41, 5.74) is 2.14. The minimum absolute atomic E-state index is 0.204. The van der Waals surface area contributed by atoms with E-state index in [-0.39, 0.29) is 5.91 Å². The summed E-state index contributed by atoms with van der Waals surface area (Å²) < 4.78 is 2.42. The number of anilines is 1. The maximum Gasteiger partial charge on any atom is 0.256 e. The first-order chi connectivity index (χ1) is 9.38. The minimum atomic E-state index is -0.204. The quantitative estimate of drug-likeness (QED) is 0.544. The number of nitrogens with one attached hydrogen (secondary N) is 1. The van der Waals surface area contributed by atoms with E-state index in [0.717, 1.165) is 19.0 Å². The number of hydrogen-bond donors (Lipinski definition) is 1. The molecule has 104 valence electrons. The molecular formula is C14H9Br3ClNO. The zero-order valence-corrected chi connectivity index (χ0v) is 15.8. The highest BCUT2D eigenvalue weighted by Crippen LogP contribution is 2.30. The fourth-order valence-electron chi connectivity index (χ4n) is 1.61. The van der Waals surface area contributed by atoms with Crippen molar-refractivity contribution in [2.24, 2.45) is 0 Å². The van der Waals surface area contributed by atoms with Gasteiger partial charge in [0.2, 0.25) is 0 Å². The molecule has 0 aromatic heterocycles. The molecule has 6 heteroatoms. The predicted molar refractivity (Wildman–Crippen MR) is 93.7 cm³/mol. The van der Waals surface area contributed by atoms with Gasteiger partial charge in [0, 0.05) is 18.4 Å². The zero-order chi connectivity index (χ0) is 14.9. The van der Waals surface area contributed by atoms with Gasteiger partial charge in [0.05, 0.1) is 11.3 Å². The second kappa shape index (κ2) is 6.60. The topological polar surface area (TPSA) is 29.1 Å². The van der Waals surface area contributed by atoms with Gasteiger partial charge in [-0.1, -0.05) is 27.5 Å². The summed E-state index contributed by atoms with van der Waals surface area (Å²) in [6.07, 6.45) is 0. The SMILES string of the molecule is Cc1cc(Br)c(NC(=O)c2ccc(Br)cc2Br)cc1Cl. The Balaban J connectivity index is 2.30. The van der Waals surface area contributed by atoms with Gasteiger partial charge in [0.25, 0.3) is 5.91 Å². The van der Waals surface area contributed by atoms with E-state index >= 15 is 0 Å². The molecular weight excluding hydrogens is 473 g/mol. The highest BCUT2D eigenvalue weighted by molar-refractivity contribution is 9.11. The summed E-state index contributed by atoms with van der Waals surface area (Å²) in [6, 6.07) is 8.98. The Morgan fingerprint density at radius 2 is 1.80 bits per heavy atom. The number of rotatable bonds is 2. The van der Waals surface area contributed by atoms with Gasteiger partial charge in [-0.2, -0.15) is 0 Å². The molecule has 2 aromatic carbocycles. The molecule has 20 heavy (non-hydrogen) atoms. The third kappa shape index (κ3) is 3.64. The van der Waals surface area contributed by atoms with Crippen LogP contribution in [0.3, 0.4) is 0 Å². The second-order valence-electron chi connectivity index (χ2n) is 4.16. The Hall–Kier alpha value is -0.360. The Bertz CT molecular complexity index is 688. The van der Waals surface area contributed by atoms with Crippen LogP contribution in [0.1, 0.15) is 15.9 Å². The molecule has 1 amide bonds. The van der Waals surface area contributed by atoms with Crippen molar-refractivity contribution in [3.8, 4) is 0 Å². The van der Waals surface area contributed by atoms with E-state index in [1.54, 1.807) is 12.1 Å². The lowest BCUT2D eigenvalue weighted by Crippen LogP contribution is -2.13. The van der Waals surface area contributed by atoms with Crippen molar-refractivity contribution in [2.45, 2.75) is 6.92 Å². The van der Waals surface area contributed by atoms with Gasteiger partial charge in [0.15, 0.2) is 0 Å². The van der Waals surface area contributed by atoms with Gasteiger partial charge >= 0.3 is 0 Å². The van der Waals surface area contributed by atoms with E-state index in [1.165, 1.54) is 0 Å². The maximum absolute atomic E-state index is 12.3. The monoisotopic (exact) mass is 479 g/mol. The largest absolute Gasteiger partial charge is 0.321 e. The van der Waals surface area contributed by atoms with Gasteiger partial charge in [0.1, 0.15) is 0 Å². The van der Waals surface area contributed by atoms with Crippen molar-refractivity contribution in [1.29, 1.82) is 0 Å². The predicted octanol–water partition coefficient (Wildman–Crippen LogP) is 6.19. The van der Waals surface area contributed by atoms with E-state index in [1.807, 2.05) is 25.1 Å². The van der Waals surface area contributed by atoms with Crippen molar-refractivity contribution >= 4 is 71.0 Å². The third-order valence-corrected chi connectivity index (χ3v) is 4.88. The van der Waals surface area contributed by atoms with E-state index < -0.39 is 0 Å². The molecule has 2 aromatic rings. The van der Waals surface area contributed by atoms with Gasteiger partial charge in [-0.25, -0.2) is 0 Å². The summed E-state index contributed by atoms with van der Waals surface area (Å²) >= 11 is 16.2. The van der Waals surface area contributed by atoms with Gasteiger partial charge < -0.3 is 5.32 Å². The Kier molecular flexibility index (Phi) is 5.29. The first-order valence-electron chi connectivity index (χ1n) is 5.60. The van der Waals surface area contributed by atoms with Crippen LogP contribution < -0.4 is 5.32 Å². The fraction of sp³-hybridized carbons (Fsp3) is 0.0714. The number of benzene rings is 2. The van der Waals surface area contributed by atoms with Crippen LogP contribution >= 0.6 is 59.4 Å². The van der Waals surface area contributed by atoms with E-state index in [2.05, 4.69) is 53.1 Å². The Labute approximate surface area is 147 Å². The molecule has 0 saturated carbocycles. The number of hydrogen-bond acceptors (Lipinski definition) is 1. The van der Waals surface area contributed by atoms with Gasteiger partial charge in [-0.15, -0.1) is 0 Å². The minimum Gasteiger partial charge on any atom is -0.321 e. The molecule has 0 aliphatic carbocycles. The van der Waals surface area contributed by atoms with E-state index in [0.29, 0.717) is 16.3 Å². The summed E-state index contributed by atoms with van der Waals surface area (Å²) in [5.74, 6) is -0.204. The zero-order valence-electron chi connectivity index (χ0n) is 10.3. The van der Waals surface area contributed by atoms with E-state index in [9.17, 15) is 4.79 Å². The molecule has 0 heterocycles. The lowest BCUT2D eigenvalue weighted by molar-refractivity contribution is 0.102. The number of halogens is 4. The molecule has 0 atom stereocenters. The van der Waals surface area contributed by atoms with Crippen LogP contribution in [0.2, 0.25) is 5.02 Å². The van der Waals surface area contributed by atoms with Crippen LogP contribution in [0.5, 0.6) is 0 Å².